The molecule has 0 radical (unpaired) electrons. The highest BCUT2D eigenvalue weighted by Crippen LogP contribution is 2.13. The Morgan fingerprint density at radius 2 is 1.62 bits per heavy atom. The van der Waals surface area contributed by atoms with E-state index < -0.39 is 0 Å². The SMILES string of the molecule is Cc1cc(C)nc(C2=NN(C(C)C)C(=O)N(C(C)C)N2)n1. The number of urea groups is 1. The van der Waals surface area contributed by atoms with Gasteiger partial charge >= 0.3 is 6.03 Å². The molecule has 0 unspecified atom stereocenters. The molecule has 2 rings (SSSR count). The second-order valence-corrected chi connectivity index (χ2v) is 5.72. The fourth-order valence-electron chi connectivity index (χ4n) is 2.06. The van der Waals surface area contributed by atoms with Crippen molar-refractivity contribution in [1.29, 1.82) is 0 Å². The number of nitrogens with one attached hydrogen (secondary N) is 1. The van der Waals surface area contributed by atoms with Crippen LogP contribution in [0.25, 0.3) is 0 Å². The highest BCUT2D eigenvalue weighted by Gasteiger charge is 2.32. The summed E-state index contributed by atoms with van der Waals surface area (Å²) in [5.41, 5.74) is 4.76. The van der Waals surface area contributed by atoms with E-state index in [4.69, 9.17) is 0 Å². The van der Waals surface area contributed by atoms with Gasteiger partial charge in [-0.3, -0.25) is 5.43 Å². The summed E-state index contributed by atoms with van der Waals surface area (Å²) in [7, 11) is 0. The zero-order valence-corrected chi connectivity index (χ0v) is 13.4. The van der Waals surface area contributed by atoms with E-state index in [9.17, 15) is 4.79 Å². The molecule has 7 heteroatoms. The molecular formula is C14H22N6O. The lowest BCUT2D eigenvalue weighted by atomic mass is 10.3. The molecular weight excluding hydrogens is 268 g/mol. The number of hydrazine groups is 1. The molecule has 0 saturated heterocycles. The van der Waals surface area contributed by atoms with Crippen LogP contribution in [0.5, 0.6) is 0 Å². The van der Waals surface area contributed by atoms with Crippen molar-refractivity contribution in [3.63, 3.8) is 0 Å². The third kappa shape index (κ3) is 3.12. The fourth-order valence-corrected chi connectivity index (χ4v) is 2.06. The third-order valence-electron chi connectivity index (χ3n) is 3.04. The van der Waals surface area contributed by atoms with Crippen LogP contribution in [0, 0.1) is 13.8 Å². The van der Waals surface area contributed by atoms with Gasteiger partial charge in [0.15, 0.2) is 5.82 Å². The zero-order valence-electron chi connectivity index (χ0n) is 13.4. The van der Waals surface area contributed by atoms with Gasteiger partial charge in [0.2, 0.25) is 5.84 Å². The van der Waals surface area contributed by atoms with Gasteiger partial charge in [0.1, 0.15) is 0 Å². The van der Waals surface area contributed by atoms with Crippen LogP contribution in [0.3, 0.4) is 0 Å². The number of aryl methyl sites for hydroxylation is 2. The van der Waals surface area contributed by atoms with E-state index in [1.165, 1.54) is 5.01 Å². The minimum absolute atomic E-state index is 0.00449. The smallest absolute Gasteiger partial charge is 0.273 e. The third-order valence-corrected chi connectivity index (χ3v) is 3.04. The molecule has 0 spiro atoms. The first-order valence-corrected chi connectivity index (χ1v) is 7.10. The molecule has 2 heterocycles. The largest absolute Gasteiger partial charge is 0.359 e. The second-order valence-electron chi connectivity index (χ2n) is 5.72. The lowest BCUT2D eigenvalue weighted by molar-refractivity contribution is 0.106. The van der Waals surface area contributed by atoms with Crippen LogP contribution in [0.15, 0.2) is 11.2 Å². The molecule has 0 bridgehead atoms. The highest BCUT2D eigenvalue weighted by atomic mass is 16.2. The molecule has 1 aromatic rings. The second kappa shape index (κ2) is 5.67. The van der Waals surface area contributed by atoms with Crippen molar-refractivity contribution in [3.8, 4) is 0 Å². The average molecular weight is 290 g/mol. The van der Waals surface area contributed by atoms with E-state index in [-0.39, 0.29) is 18.1 Å². The van der Waals surface area contributed by atoms with Gasteiger partial charge in [-0.25, -0.2) is 24.8 Å². The summed E-state index contributed by atoms with van der Waals surface area (Å²) in [6, 6.07) is 1.68. The molecule has 0 fully saturated rings. The first-order valence-electron chi connectivity index (χ1n) is 7.10. The van der Waals surface area contributed by atoms with Gasteiger partial charge in [-0.15, -0.1) is 5.10 Å². The van der Waals surface area contributed by atoms with Crippen molar-refractivity contribution in [2.75, 3.05) is 0 Å². The molecule has 21 heavy (non-hydrogen) atoms. The Morgan fingerprint density at radius 1 is 1.05 bits per heavy atom. The predicted octanol–water partition coefficient (Wildman–Crippen LogP) is 1.81. The number of hydrogen-bond acceptors (Lipinski definition) is 5. The average Bonchev–Trinajstić information content (AvgIpc) is 2.36. The molecule has 1 N–H and O–H groups in total. The summed E-state index contributed by atoms with van der Waals surface area (Å²) >= 11 is 0. The van der Waals surface area contributed by atoms with E-state index in [1.54, 1.807) is 5.01 Å². The number of hydrazone groups is 1. The van der Waals surface area contributed by atoms with Crippen molar-refractivity contribution < 1.29 is 4.79 Å². The molecule has 0 aliphatic carbocycles. The van der Waals surface area contributed by atoms with Gasteiger partial charge in [-0.05, 0) is 47.6 Å². The van der Waals surface area contributed by atoms with Crippen LogP contribution in [-0.4, -0.2) is 43.9 Å². The standard InChI is InChI=1S/C14H22N6O/c1-8(2)19-14(21)20(9(3)4)18-13(17-19)12-15-10(5)7-11(6)16-12/h7-9H,1-6H3,(H,17,18). The van der Waals surface area contributed by atoms with Crippen molar-refractivity contribution >= 4 is 11.9 Å². The Kier molecular flexibility index (Phi) is 4.11. The number of carbonyl (C=O) groups excluding carboxylic acids is 1. The predicted molar refractivity (Wildman–Crippen MR) is 80.5 cm³/mol. The first-order chi connectivity index (χ1) is 9.79. The maximum absolute atomic E-state index is 12.4. The monoisotopic (exact) mass is 290 g/mol. The lowest BCUT2D eigenvalue weighted by Gasteiger charge is -2.37. The van der Waals surface area contributed by atoms with Crippen LogP contribution in [0.4, 0.5) is 4.79 Å². The van der Waals surface area contributed by atoms with Gasteiger partial charge in [0, 0.05) is 17.4 Å². The van der Waals surface area contributed by atoms with Gasteiger partial charge in [-0.2, -0.15) is 0 Å². The van der Waals surface area contributed by atoms with Crippen molar-refractivity contribution in [3.05, 3.63) is 23.3 Å². The zero-order chi connectivity index (χ0) is 15.7. The molecule has 114 valence electrons. The number of rotatable bonds is 3. The van der Waals surface area contributed by atoms with Crippen LogP contribution in [-0.2, 0) is 0 Å². The van der Waals surface area contributed by atoms with Gasteiger partial charge in [0.05, 0.1) is 6.04 Å². The Labute approximate surface area is 125 Å². The summed E-state index contributed by atoms with van der Waals surface area (Å²) < 4.78 is 0. The molecule has 7 nitrogen and oxygen atoms in total. The van der Waals surface area contributed by atoms with Gasteiger partial charge < -0.3 is 0 Å². The number of nitrogens with zero attached hydrogens (tertiary/aromatic N) is 5. The summed E-state index contributed by atoms with van der Waals surface area (Å²) in [5.74, 6) is 0.986. The van der Waals surface area contributed by atoms with Gasteiger partial charge in [-0.1, -0.05) is 0 Å². The molecule has 0 atom stereocenters. The molecule has 0 saturated carbocycles. The summed E-state index contributed by atoms with van der Waals surface area (Å²) in [4.78, 5) is 21.2. The fraction of sp³-hybridized carbons (Fsp3) is 0.571. The summed E-state index contributed by atoms with van der Waals surface area (Å²) in [6.07, 6.45) is 0. The highest BCUT2D eigenvalue weighted by molar-refractivity contribution is 5.98. The number of aromatic nitrogens is 2. The Morgan fingerprint density at radius 3 is 2.10 bits per heavy atom. The topological polar surface area (TPSA) is 73.7 Å². The minimum atomic E-state index is -0.173. The molecule has 0 aromatic carbocycles. The van der Waals surface area contributed by atoms with Crippen molar-refractivity contribution in [2.45, 2.75) is 53.6 Å². The van der Waals surface area contributed by atoms with Crippen LogP contribution in [0.1, 0.15) is 44.9 Å². The number of carbonyl (C=O) groups is 1. The van der Waals surface area contributed by atoms with E-state index in [0.29, 0.717) is 11.7 Å². The number of amides is 2. The van der Waals surface area contributed by atoms with E-state index >= 15 is 0 Å². The van der Waals surface area contributed by atoms with Crippen molar-refractivity contribution in [1.82, 2.24) is 25.4 Å². The molecule has 1 aromatic heterocycles. The summed E-state index contributed by atoms with van der Waals surface area (Å²) in [5, 5.41) is 7.37. The van der Waals surface area contributed by atoms with Crippen LogP contribution in [0.2, 0.25) is 0 Å². The lowest BCUT2D eigenvalue weighted by Crippen LogP contribution is -2.59. The normalized spacial score (nSPS) is 15.6. The Balaban J connectivity index is 2.46. The van der Waals surface area contributed by atoms with Crippen LogP contribution < -0.4 is 5.43 Å². The maximum Gasteiger partial charge on any atom is 0.359 e. The quantitative estimate of drug-likeness (QED) is 0.921. The number of hydrogen-bond donors (Lipinski definition) is 1. The van der Waals surface area contributed by atoms with E-state index in [2.05, 4.69) is 20.5 Å². The molecule has 1 aliphatic heterocycles. The van der Waals surface area contributed by atoms with Crippen LogP contribution >= 0.6 is 0 Å². The number of amidine groups is 1. The molecule has 2 amide bonds. The summed E-state index contributed by atoms with van der Waals surface area (Å²) in [6.45, 7) is 11.5. The minimum Gasteiger partial charge on any atom is -0.273 e. The molecule has 1 aliphatic rings. The van der Waals surface area contributed by atoms with E-state index in [1.807, 2.05) is 47.6 Å². The van der Waals surface area contributed by atoms with Crippen molar-refractivity contribution in [2.24, 2.45) is 5.10 Å². The Bertz CT molecular complexity index is 561. The Hall–Kier alpha value is -2.18. The van der Waals surface area contributed by atoms with E-state index in [0.717, 1.165) is 11.4 Å². The first kappa shape index (κ1) is 15.2. The van der Waals surface area contributed by atoms with Gasteiger partial charge in [0.25, 0.3) is 0 Å². The maximum atomic E-state index is 12.4.